The largest absolute Gasteiger partial charge is 0.380 e. The summed E-state index contributed by atoms with van der Waals surface area (Å²) in [6.07, 6.45) is 5.57. The van der Waals surface area contributed by atoms with Crippen LogP contribution in [0, 0.1) is 0 Å². The Morgan fingerprint density at radius 1 is 1.42 bits per heavy atom. The Labute approximate surface area is 114 Å². The van der Waals surface area contributed by atoms with Crippen molar-refractivity contribution in [2.45, 2.75) is 44.6 Å². The fourth-order valence-corrected chi connectivity index (χ4v) is 2.40. The van der Waals surface area contributed by atoms with Gasteiger partial charge in [-0.2, -0.15) is 0 Å². The van der Waals surface area contributed by atoms with E-state index in [0.29, 0.717) is 25.9 Å². The summed E-state index contributed by atoms with van der Waals surface area (Å²) in [4.78, 5) is 18.4. The van der Waals surface area contributed by atoms with Crippen LogP contribution in [0.2, 0.25) is 0 Å². The summed E-state index contributed by atoms with van der Waals surface area (Å²) in [6, 6.07) is 5.80. The van der Waals surface area contributed by atoms with E-state index in [-0.39, 0.29) is 5.91 Å². The molecule has 0 unspecified atom stereocenters. The molecule has 1 amide bonds. The van der Waals surface area contributed by atoms with Gasteiger partial charge in [0.25, 0.3) is 5.91 Å². The molecule has 0 saturated heterocycles. The van der Waals surface area contributed by atoms with Crippen molar-refractivity contribution < 1.29 is 9.90 Å². The Hall–Kier alpha value is -1.42. The van der Waals surface area contributed by atoms with Crippen LogP contribution >= 0.6 is 0 Å². The van der Waals surface area contributed by atoms with Crippen LogP contribution in [-0.4, -0.2) is 39.6 Å². The molecule has 0 radical (unpaired) electrons. The van der Waals surface area contributed by atoms with Gasteiger partial charge in [0, 0.05) is 31.4 Å². The number of carbonyl (C=O) groups excluding carboxylic acids is 1. The third-order valence-electron chi connectivity index (χ3n) is 3.72. The van der Waals surface area contributed by atoms with Crippen molar-refractivity contribution >= 4 is 5.91 Å². The molecule has 1 aliphatic rings. The fourth-order valence-electron chi connectivity index (χ4n) is 2.40. The summed E-state index contributed by atoms with van der Waals surface area (Å²) >= 11 is 0. The molecule has 1 aromatic heterocycles. The maximum Gasteiger partial charge on any atom is 0.254 e. The van der Waals surface area contributed by atoms with Crippen LogP contribution in [0.15, 0.2) is 24.4 Å². The smallest absolute Gasteiger partial charge is 0.254 e. The van der Waals surface area contributed by atoms with Gasteiger partial charge in [0.1, 0.15) is 5.60 Å². The van der Waals surface area contributed by atoms with Gasteiger partial charge in [0.15, 0.2) is 0 Å². The van der Waals surface area contributed by atoms with E-state index >= 15 is 0 Å². The molecule has 0 bridgehead atoms. The topological polar surface area (TPSA) is 53.4 Å². The van der Waals surface area contributed by atoms with E-state index in [1.807, 2.05) is 25.1 Å². The highest BCUT2D eigenvalue weighted by atomic mass is 16.3. The van der Waals surface area contributed by atoms with Gasteiger partial charge in [-0.1, -0.05) is 13.0 Å². The second kappa shape index (κ2) is 6.15. The van der Waals surface area contributed by atoms with Gasteiger partial charge in [-0.3, -0.25) is 9.78 Å². The lowest BCUT2D eigenvalue weighted by Gasteiger charge is -2.39. The molecule has 4 heteroatoms. The molecular formula is C15H22N2O2. The number of aromatic nitrogens is 1. The van der Waals surface area contributed by atoms with Crippen molar-refractivity contribution in [2.75, 3.05) is 13.1 Å². The van der Waals surface area contributed by atoms with Crippen molar-refractivity contribution in [1.29, 1.82) is 0 Å². The third kappa shape index (κ3) is 3.32. The molecule has 0 aromatic carbocycles. The first-order valence-corrected chi connectivity index (χ1v) is 7.07. The molecule has 0 spiro atoms. The number of nitrogens with zero attached hydrogens (tertiary/aromatic N) is 2. The molecule has 2 rings (SSSR count). The van der Waals surface area contributed by atoms with Gasteiger partial charge in [-0.25, -0.2) is 0 Å². The molecule has 1 aliphatic carbocycles. The van der Waals surface area contributed by atoms with Gasteiger partial charge in [-0.05, 0) is 37.8 Å². The Morgan fingerprint density at radius 2 is 2.21 bits per heavy atom. The molecule has 1 N–H and O–H groups in total. The molecule has 0 aliphatic heterocycles. The van der Waals surface area contributed by atoms with Gasteiger partial charge in [-0.15, -0.1) is 0 Å². The summed E-state index contributed by atoms with van der Waals surface area (Å²) in [5, 5.41) is 10.2. The molecular weight excluding hydrogens is 240 g/mol. The number of amides is 1. The third-order valence-corrected chi connectivity index (χ3v) is 3.72. The first-order chi connectivity index (χ1) is 9.15. The predicted octanol–water partition coefficient (Wildman–Crippen LogP) is 1.78. The van der Waals surface area contributed by atoms with E-state index in [0.717, 1.165) is 25.0 Å². The predicted molar refractivity (Wildman–Crippen MR) is 73.6 cm³/mol. The summed E-state index contributed by atoms with van der Waals surface area (Å²) in [6.45, 7) is 3.38. The maximum absolute atomic E-state index is 12.3. The van der Waals surface area contributed by atoms with Gasteiger partial charge < -0.3 is 10.0 Å². The van der Waals surface area contributed by atoms with E-state index in [9.17, 15) is 9.90 Å². The van der Waals surface area contributed by atoms with Crippen molar-refractivity contribution in [1.82, 2.24) is 9.88 Å². The van der Waals surface area contributed by atoms with E-state index in [1.54, 1.807) is 11.1 Å². The van der Waals surface area contributed by atoms with Crippen LogP contribution in [0.1, 0.15) is 38.3 Å². The lowest BCUT2D eigenvalue weighted by Crippen LogP contribution is -2.53. The van der Waals surface area contributed by atoms with E-state index in [1.165, 1.54) is 0 Å². The first-order valence-electron chi connectivity index (χ1n) is 7.07. The Morgan fingerprint density at radius 3 is 2.74 bits per heavy atom. The lowest BCUT2D eigenvalue weighted by molar-refractivity contribution is -0.160. The quantitative estimate of drug-likeness (QED) is 0.850. The van der Waals surface area contributed by atoms with Gasteiger partial charge >= 0.3 is 0 Å². The normalized spacial score (nSPS) is 16.7. The van der Waals surface area contributed by atoms with Crippen molar-refractivity contribution in [3.63, 3.8) is 0 Å². The summed E-state index contributed by atoms with van der Waals surface area (Å²) in [7, 11) is 0. The van der Waals surface area contributed by atoms with Gasteiger partial charge in [0.2, 0.25) is 0 Å². The molecule has 4 nitrogen and oxygen atoms in total. The van der Waals surface area contributed by atoms with E-state index in [4.69, 9.17) is 0 Å². The van der Waals surface area contributed by atoms with Crippen molar-refractivity contribution in [3.8, 4) is 0 Å². The number of pyridine rings is 1. The second-order valence-corrected chi connectivity index (χ2v) is 5.25. The fraction of sp³-hybridized carbons (Fsp3) is 0.600. The first kappa shape index (κ1) is 14.0. The minimum Gasteiger partial charge on any atom is -0.380 e. The van der Waals surface area contributed by atoms with Crippen molar-refractivity contribution in [2.24, 2.45) is 0 Å². The molecule has 1 heterocycles. The van der Waals surface area contributed by atoms with Crippen LogP contribution in [-0.2, 0) is 11.2 Å². The second-order valence-electron chi connectivity index (χ2n) is 5.25. The van der Waals surface area contributed by atoms with E-state index in [2.05, 4.69) is 4.98 Å². The standard InChI is InChI=1S/C15H22N2O2/c1-2-11-17(14(18)15(19)8-5-9-15)12-7-13-6-3-4-10-16-13/h3-4,6,10,19H,2,5,7-9,11-12H2,1H3. The number of aliphatic hydroxyl groups is 1. The minimum atomic E-state index is -1.08. The molecule has 0 atom stereocenters. The monoisotopic (exact) mass is 262 g/mol. The Balaban J connectivity index is 1.94. The molecule has 104 valence electrons. The van der Waals surface area contributed by atoms with Crippen LogP contribution in [0.5, 0.6) is 0 Å². The molecule has 1 saturated carbocycles. The number of rotatable bonds is 6. The molecule has 19 heavy (non-hydrogen) atoms. The Kier molecular flexibility index (Phi) is 4.53. The van der Waals surface area contributed by atoms with Gasteiger partial charge in [0.05, 0.1) is 0 Å². The molecule has 1 aromatic rings. The average Bonchev–Trinajstić information content (AvgIpc) is 2.41. The zero-order chi connectivity index (χ0) is 13.7. The summed E-state index contributed by atoms with van der Waals surface area (Å²) < 4.78 is 0. The Bertz CT molecular complexity index is 415. The summed E-state index contributed by atoms with van der Waals surface area (Å²) in [5.74, 6) is -0.100. The zero-order valence-electron chi connectivity index (χ0n) is 11.5. The number of hydrogen-bond acceptors (Lipinski definition) is 3. The number of carbonyl (C=O) groups is 1. The van der Waals surface area contributed by atoms with Crippen LogP contribution in [0.25, 0.3) is 0 Å². The maximum atomic E-state index is 12.3. The van der Waals surface area contributed by atoms with Crippen molar-refractivity contribution in [3.05, 3.63) is 30.1 Å². The number of hydrogen-bond donors (Lipinski definition) is 1. The zero-order valence-corrected chi connectivity index (χ0v) is 11.5. The average molecular weight is 262 g/mol. The minimum absolute atomic E-state index is 0.100. The lowest BCUT2D eigenvalue weighted by atomic mass is 9.79. The van der Waals surface area contributed by atoms with E-state index < -0.39 is 5.60 Å². The van der Waals surface area contributed by atoms with Crippen LogP contribution in [0.3, 0.4) is 0 Å². The van der Waals surface area contributed by atoms with Crippen LogP contribution in [0.4, 0.5) is 0 Å². The highest BCUT2D eigenvalue weighted by molar-refractivity contribution is 5.85. The molecule has 1 fully saturated rings. The summed E-state index contributed by atoms with van der Waals surface area (Å²) in [5.41, 5.74) is -0.101. The van der Waals surface area contributed by atoms with Crippen LogP contribution < -0.4 is 0 Å². The SMILES string of the molecule is CCCN(CCc1ccccn1)C(=O)C1(O)CCC1. The highest BCUT2D eigenvalue weighted by Gasteiger charge is 2.44. The highest BCUT2D eigenvalue weighted by Crippen LogP contribution is 2.33.